The third-order valence-corrected chi connectivity index (χ3v) is 2.68. The predicted molar refractivity (Wildman–Crippen MR) is 57.0 cm³/mol. The van der Waals surface area contributed by atoms with Crippen LogP contribution in [0.3, 0.4) is 0 Å². The van der Waals surface area contributed by atoms with Crippen LogP contribution < -0.4 is 10.1 Å². The molecule has 1 aliphatic heterocycles. The van der Waals surface area contributed by atoms with Crippen LogP contribution in [0, 0.1) is 0 Å². The van der Waals surface area contributed by atoms with Crippen LogP contribution in [0.4, 0.5) is 13.5 Å². The largest absolute Gasteiger partial charge is 0.474 e. The van der Waals surface area contributed by atoms with E-state index in [9.17, 15) is 8.78 Å². The molecule has 1 saturated heterocycles. The molecule has 6 heteroatoms. The first-order valence-electron chi connectivity index (χ1n) is 5.48. The molecule has 0 atom stereocenters. The van der Waals surface area contributed by atoms with Gasteiger partial charge >= 0.3 is 0 Å². The molecule has 1 aromatic rings. The van der Waals surface area contributed by atoms with Gasteiger partial charge in [0.2, 0.25) is 5.88 Å². The van der Waals surface area contributed by atoms with Crippen molar-refractivity contribution in [2.45, 2.75) is 25.4 Å². The summed E-state index contributed by atoms with van der Waals surface area (Å²) < 4.78 is 30.2. The quantitative estimate of drug-likeness (QED) is 0.876. The van der Waals surface area contributed by atoms with Gasteiger partial charge in [-0.1, -0.05) is 0 Å². The fourth-order valence-corrected chi connectivity index (χ4v) is 1.78. The molecule has 0 aromatic carbocycles. The third kappa shape index (κ3) is 3.89. The van der Waals surface area contributed by atoms with E-state index in [0.29, 0.717) is 5.88 Å². The fraction of sp³-hybridized carbons (Fsp3) is 0.545. The average molecular weight is 249 g/mol. The Kier molecular flexibility index (Phi) is 5.21. The molecular formula is C11H16F3N2O+. The molecule has 1 fully saturated rings. The lowest BCUT2D eigenvalue weighted by Crippen LogP contribution is -2.86. The summed E-state index contributed by atoms with van der Waals surface area (Å²) in [6.45, 7) is 2.11. The van der Waals surface area contributed by atoms with E-state index in [2.05, 4.69) is 10.3 Å². The SMILES string of the molecule is F.FC(F)c1ccc(OC2CC[NH2+]CC2)nc1. The van der Waals surface area contributed by atoms with Gasteiger partial charge in [-0.05, 0) is 6.07 Å². The van der Waals surface area contributed by atoms with Crippen LogP contribution in [-0.2, 0) is 0 Å². The number of hydrogen-bond acceptors (Lipinski definition) is 2. The number of quaternary nitrogens is 1. The number of nitrogens with two attached hydrogens (primary N) is 1. The number of alkyl halides is 2. The monoisotopic (exact) mass is 249 g/mol. The van der Waals surface area contributed by atoms with Crippen LogP contribution in [0.2, 0.25) is 0 Å². The molecule has 2 heterocycles. The number of pyridine rings is 1. The van der Waals surface area contributed by atoms with Gasteiger partial charge in [-0.25, -0.2) is 13.8 Å². The molecule has 0 amide bonds. The van der Waals surface area contributed by atoms with Crippen molar-refractivity contribution in [1.82, 2.24) is 4.98 Å². The minimum Gasteiger partial charge on any atom is -0.474 e. The number of aromatic nitrogens is 1. The first-order valence-corrected chi connectivity index (χ1v) is 5.48. The second kappa shape index (κ2) is 6.44. The Morgan fingerprint density at radius 2 is 2.00 bits per heavy atom. The Hall–Kier alpha value is -1.30. The highest BCUT2D eigenvalue weighted by Gasteiger charge is 2.17. The van der Waals surface area contributed by atoms with Crippen molar-refractivity contribution in [2.75, 3.05) is 13.1 Å². The van der Waals surface area contributed by atoms with E-state index in [1.807, 2.05) is 0 Å². The molecule has 1 aromatic heterocycles. The third-order valence-electron chi connectivity index (χ3n) is 2.68. The lowest BCUT2D eigenvalue weighted by molar-refractivity contribution is -0.664. The summed E-state index contributed by atoms with van der Waals surface area (Å²) in [5.74, 6) is 0.441. The zero-order valence-electron chi connectivity index (χ0n) is 9.31. The lowest BCUT2D eigenvalue weighted by atomic mass is 10.1. The molecule has 0 bridgehead atoms. The normalized spacial score (nSPS) is 16.6. The van der Waals surface area contributed by atoms with Crippen LogP contribution in [0.25, 0.3) is 0 Å². The Bertz CT molecular complexity index is 326. The van der Waals surface area contributed by atoms with E-state index in [1.54, 1.807) is 0 Å². The summed E-state index contributed by atoms with van der Waals surface area (Å²) in [5, 5.41) is 2.24. The first kappa shape index (κ1) is 13.8. The van der Waals surface area contributed by atoms with E-state index in [1.165, 1.54) is 18.3 Å². The summed E-state index contributed by atoms with van der Waals surface area (Å²) in [6, 6.07) is 2.88. The summed E-state index contributed by atoms with van der Waals surface area (Å²) in [7, 11) is 0. The molecule has 3 nitrogen and oxygen atoms in total. The highest BCUT2D eigenvalue weighted by atomic mass is 19.3. The van der Waals surface area contributed by atoms with Gasteiger partial charge in [0.05, 0.1) is 13.1 Å². The summed E-state index contributed by atoms with van der Waals surface area (Å²) in [6.07, 6.45) is 0.853. The van der Waals surface area contributed by atoms with Crippen LogP contribution >= 0.6 is 0 Å². The number of ether oxygens (including phenoxy) is 1. The fourth-order valence-electron chi connectivity index (χ4n) is 1.78. The summed E-state index contributed by atoms with van der Waals surface area (Å²) >= 11 is 0. The van der Waals surface area contributed by atoms with Crippen molar-refractivity contribution in [3.8, 4) is 5.88 Å². The van der Waals surface area contributed by atoms with Gasteiger partial charge in [-0.2, -0.15) is 0 Å². The van der Waals surface area contributed by atoms with Crippen LogP contribution in [-0.4, -0.2) is 24.2 Å². The van der Waals surface area contributed by atoms with Crippen LogP contribution in [0.5, 0.6) is 5.88 Å². The Balaban J connectivity index is 0.00000144. The maximum absolute atomic E-state index is 12.3. The molecule has 17 heavy (non-hydrogen) atoms. The molecule has 2 rings (SSSR count). The van der Waals surface area contributed by atoms with Crippen LogP contribution in [0.1, 0.15) is 24.8 Å². The second-order valence-electron chi connectivity index (χ2n) is 3.91. The van der Waals surface area contributed by atoms with Crippen LogP contribution in [0.15, 0.2) is 18.3 Å². The van der Waals surface area contributed by atoms with E-state index >= 15 is 0 Å². The van der Waals surface area contributed by atoms with Gasteiger partial charge in [0.1, 0.15) is 6.10 Å². The Morgan fingerprint density at radius 1 is 1.29 bits per heavy atom. The number of halogens is 3. The topological polar surface area (TPSA) is 38.7 Å². The predicted octanol–water partition coefficient (Wildman–Crippen LogP) is 1.28. The molecule has 0 unspecified atom stereocenters. The van der Waals surface area contributed by atoms with Gasteiger partial charge in [0, 0.05) is 30.7 Å². The van der Waals surface area contributed by atoms with Gasteiger partial charge in [-0.15, -0.1) is 0 Å². The summed E-state index contributed by atoms with van der Waals surface area (Å²) in [4.78, 5) is 3.88. The number of hydrogen-bond donors (Lipinski definition) is 1. The first-order chi connectivity index (χ1) is 7.75. The number of rotatable bonds is 3. The van der Waals surface area contributed by atoms with Gasteiger partial charge in [0.15, 0.2) is 0 Å². The van der Waals surface area contributed by atoms with Crippen molar-refractivity contribution in [2.24, 2.45) is 0 Å². The van der Waals surface area contributed by atoms with Gasteiger partial charge < -0.3 is 10.1 Å². The molecule has 0 saturated carbocycles. The molecule has 2 N–H and O–H groups in total. The van der Waals surface area contributed by atoms with E-state index < -0.39 is 6.43 Å². The van der Waals surface area contributed by atoms with Gasteiger partial charge in [0.25, 0.3) is 6.43 Å². The maximum Gasteiger partial charge on any atom is 0.265 e. The highest BCUT2D eigenvalue weighted by molar-refractivity contribution is 5.18. The molecule has 0 radical (unpaired) electrons. The molecular weight excluding hydrogens is 233 g/mol. The lowest BCUT2D eigenvalue weighted by Gasteiger charge is -2.21. The van der Waals surface area contributed by atoms with E-state index in [0.717, 1.165) is 25.9 Å². The Morgan fingerprint density at radius 3 is 2.53 bits per heavy atom. The van der Waals surface area contributed by atoms with E-state index in [-0.39, 0.29) is 16.4 Å². The number of piperidine rings is 1. The standard InChI is InChI=1S/C11H14F2N2O.FH/c12-11(13)8-1-2-10(15-7-8)16-9-3-5-14-6-4-9;/h1-2,7,9,11,14H,3-6H2;1H/p+1. The van der Waals surface area contributed by atoms with Crippen molar-refractivity contribution in [1.29, 1.82) is 0 Å². The van der Waals surface area contributed by atoms with Gasteiger partial charge in [-0.3, -0.25) is 4.70 Å². The van der Waals surface area contributed by atoms with Crippen molar-refractivity contribution < 1.29 is 23.5 Å². The maximum atomic E-state index is 12.3. The van der Waals surface area contributed by atoms with E-state index in [4.69, 9.17) is 4.74 Å². The highest BCUT2D eigenvalue weighted by Crippen LogP contribution is 2.20. The Labute approximate surface area is 97.6 Å². The molecule has 0 aliphatic carbocycles. The molecule has 96 valence electrons. The molecule has 0 spiro atoms. The number of nitrogens with zero attached hydrogens (tertiary/aromatic N) is 1. The minimum atomic E-state index is -2.47. The second-order valence-corrected chi connectivity index (χ2v) is 3.91. The molecule has 1 aliphatic rings. The summed E-state index contributed by atoms with van der Waals surface area (Å²) in [5.41, 5.74) is -0.0654. The van der Waals surface area contributed by atoms with Crippen molar-refractivity contribution in [3.63, 3.8) is 0 Å². The van der Waals surface area contributed by atoms with Crippen molar-refractivity contribution in [3.05, 3.63) is 23.9 Å². The average Bonchev–Trinajstić information content (AvgIpc) is 2.31. The minimum absolute atomic E-state index is 0. The smallest absolute Gasteiger partial charge is 0.265 e. The van der Waals surface area contributed by atoms with Crippen molar-refractivity contribution >= 4 is 0 Å². The zero-order valence-corrected chi connectivity index (χ0v) is 9.31. The zero-order chi connectivity index (χ0) is 11.4.